The van der Waals surface area contributed by atoms with Crippen molar-refractivity contribution >= 4 is 34.3 Å². The van der Waals surface area contributed by atoms with E-state index in [2.05, 4.69) is 10.1 Å². The maximum absolute atomic E-state index is 12.5. The molecule has 0 atom stereocenters. The number of nitrogens with one attached hydrogen (secondary N) is 1. The lowest BCUT2D eigenvalue weighted by Crippen LogP contribution is -2.39. The Hall–Kier alpha value is -3.74. The number of fused-ring (bicyclic) bond motifs is 1. The minimum atomic E-state index is -0.620. The van der Waals surface area contributed by atoms with Gasteiger partial charge in [-0.1, -0.05) is 18.2 Å². The number of ether oxygens (including phenoxy) is 2. The highest BCUT2D eigenvalue weighted by atomic mass is 16.5. The molecule has 142 valence electrons. The number of carbonyl (C=O) groups is 3. The van der Waals surface area contributed by atoms with Crippen LogP contribution in [0.1, 0.15) is 20.7 Å². The first kappa shape index (κ1) is 19.0. The largest absolute Gasteiger partial charge is 0.465 e. The Bertz CT molecular complexity index is 1060. The molecular formula is C21H19N2O5+. The van der Waals surface area contributed by atoms with Gasteiger partial charge in [-0.3, -0.25) is 4.79 Å². The minimum absolute atomic E-state index is 0.0356. The van der Waals surface area contributed by atoms with Crippen LogP contribution in [0, 0.1) is 0 Å². The summed E-state index contributed by atoms with van der Waals surface area (Å²) >= 11 is 0. The van der Waals surface area contributed by atoms with Crippen LogP contribution in [-0.4, -0.2) is 32.1 Å². The van der Waals surface area contributed by atoms with Gasteiger partial charge in [-0.05, 0) is 29.7 Å². The van der Waals surface area contributed by atoms with Crippen LogP contribution < -0.4 is 9.88 Å². The van der Waals surface area contributed by atoms with E-state index in [1.807, 2.05) is 36.5 Å². The number of rotatable bonds is 5. The van der Waals surface area contributed by atoms with Gasteiger partial charge in [0, 0.05) is 11.5 Å². The van der Waals surface area contributed by atoms with Crippen LogP contribution in [0.4, 0.5) is 5.69 Å². The SMILES string of the molecule is COC(=O)c1ccc(C(=O)OC)c(NC(=O)C[n+]2ccc3ccccc3c2)c1. The zero-order valence-corrected chi connectivity index (χ0v) is 15.5. The van der Waals surface area contributed by atoms with E-state index in [1.165, 1.54) is 32.4 Å². The first-order valence-corrected chi connectivity index (χ1v) is 8.50. The molecule has 0 fully saturated rings. The zero-order chi connectivity index (χ0) is 20.1. The predicted molar refractivity (Wildman–Crippen MR) is 102 cm³/mol. The molecule has 3 rings (SSSR count). The molecule has 7 nitrogen and oxygen atoms in total. The van der Waals surface area contributed by atoms with E-state index in [0.717, 1.165) is 10.8 Å². The monoisotopic (exact) mass is 379 g/mol. The topological polar surface area (TPSA) is 85.6 Å². The average molecular weight is 379 g/mol. The van der Waals surface area contributed by atoms with Crippen LogP contribution in [0.5, 0.6) is 0 Å². The Morgan fingerprint density at radius 1 is 0.929 bits per heavy atom. The number of esters is 2. The summed E-state index contributed by atoms with van der Waals surface area (Å²) in [4.78, 5) is 36.3. The van der Waals surface area contributed by atoms with Crippen molar-refractivity contribution in [1.82, 2.24) is 0 Å². The van der Waals surface area contributed by atoms with Crippen LogP contribution in [0.15, 0.2) is 60.9 Å². The van der Waals surface area contributed by atoms with Crippen molar-refractivity contribution in [3.05, 3.63) is 72.1 Å². The van der Waals surface area contributed by atoms with Gasteiger partial charge < -0.3 is 14.8 Å². The van der Waals surface area contributed by atoms with E-state index in [-0.39, 0.29) is 29.3 Å². The van der Waals surface area contributed by atoms with Gasteiger partial charge in [0.2, 0.25) is 6.54 Å². The number of aromatic nitrogens is 1. The molecule has 0 unspecified atom stereocenters. The quantitative estimate of drug-likeness (QED) is 0.543. The molecule has 0 radical (unpaired) electrons. The number of carbonyl (C=O) groups excluding carboxylic acids is 3. The van der Waals surface area contributed by atoms with Crippen molar-refractivity contribution in [1.29, 1.82) is 0 Å². The average Bonchev–Trinajstić information content (AvgIpc) is 2.72. The summed E-state index contributed by atoms with van der Waals surface area (Å²) in [5.74, 6) is -1.55. The van der Waals surface area contributed by atoms with E-state index in [9.17, 15) is 14.4 Å². The number of pyridine rings is 1. The normalized spacial score (nSPS) is 10.4. The Morgan fingerprint density at radius 3 is 2.36 bits per heavy atom. The molecule has 28 heavy (non-hydrogen) atoms. The minimum Gasteiger partial charge on any atom is -0.465 e. The molecule has 7 heteroatoms. The van der Waals surface area contributed by atoms with Gasteiger partial charge in [0.1, 0.15) is 0 Å². The predicted octanol–water partition coefficient (Wildman–Crippen LogP) is 2.34. The maximum atomic E-state index is 12.5. The Morgan fingerprint density at radius 2 is 1.64 bits per heavy atom. The number of benzene rings is 2. The van der Waals surface area contributed by atoms with Crippen LogP contribution >= 0.6 is 0 Å². The van der Waals surface area contributed by atoms with Gasteiger partial charge in [-0.2, -0.15) is 4.57 Å². The molecule has 1 heterocycles. The third-order valence-corrected chi connectivity index (χ3v) is 4.19. The molecule has 0 aliphatic rings. The fourth-order valence-corrected chi connectivity index (χ4v) is 2.81. The highest BCUT2D eigenvalue weighted by Crippen LogP contribution is 2.20. The molecule has 2 aromatic carbocycles. The molecule has 1 aromatic heterocycles. The van der Waals surface area contributed by atoms with E-state index < -0.39 is 11.9 Å². The van der Waals surface area contributed by atoms with E-state index in [4.69, 9.17) is 4.74 Å². The van der Waals surface area contributed by atoms with Crippen molar-refractivity contribution in [3.63, 3.8) is 0 Å². The molecule has 3 aromatic rings. The Kier molecular flexibility index (Phi) is 5.64. The summed E-state index contributed by atoms with van der Waals surface area (Å²) in [7, 11) is 2.50. The summed E-state index contributed by atoms with van der Waals surface area (Å²) in [6.45, 7) is 0.0356. The second-order valence-corrected chi connectivity index (χ2v) is 6.04. The Balaban J connectivity index is 1.84. The summed E-state index contributed by atoms with van der Waals surface area (Å²) in [5, 5.41) is 4.74. The molecular weight excluding hydrogens is 360 g/mol. The number of hydrogen-bond donors (Lipinski definition) is 1. The van der Waals surface area contributed by atoms with Gasteiger partial charge in [-0.15, -0.1) is 0 Å². The third kappa shape index (κ3) is 4.15. The highest BCUT2D eigenvalue weighted by Gasteiger charge is 2.19. The fraction of sp³-hybridized carbons (Fsp3) is 0.143. The second-order valence-electron chi connectivity index (χ2n) is 6.04. The lowest BCUT2D eigenvalue weighted by molar-refractivity contribution is -0.682. The van der Waals surface area contributed by atoms with Crippen LogP contribution in [0.2, 0.25) is 0 Å². The summed E-state index contributed by atoms with van der Waals surface area (Å²) < 4.78 is 11.2. The highest BCUT2D eigenvalue weighted by molar-refractivity contribution is 6.03. The van der Waals surface area contributed by atoms with Crippen molar-refractivity contribution < 1.29 is 28.4 Å². The number of nitrogens with zero attached hydrogens (tertiary/aromatic N) is 1. The van der Waals surface area contributed by atoms with Crippen molar-refractivity contribution in [2.75, 3.05) is 19.5 Å². The van der Waals surface area contributed by atoms with E-state index in [1.54, 1.807) is 10.8 Å². The number of anilines is 1. The smallest absolute Gasteiger partial charge is 0.339 e. The van der Waals surface area contributed by atoms with Gasteiger partial charge in [-0.25, -0.2) is 9.59 Å². The van der Waals surface area contributed by atoms with E-state index in [0.29, 0.717) is 0 Å². The van der Waals surface area contributed by atoms with Gasteiger partial charge >= 0.3 is 11.9 Å². The molecule has 0 spiro atoms. The maximum Gasteiger partial charge on any atom is 0.339 e. The number of amides is 1. The van der Waals surface area contributed by atoms with Gasteiger partial charge in [0.15, 0.2) is 12.4 Å². The molecule has 0 saturated carbocycles. The van der Waals surface area contributed by atoms with Crippen LogP contribution in [-0.2, 0) is 20.8 Å². The Labute approximate surface area is 161 Å². The summed E-state index contributed by atoms with van der Waals surface area (Å²) in [5.41, 5.74) is 0.539. The molecule has 0 bridgehead atoms. The van der Waals surface area contributed by atoms with Crippen LogP contribution in [0.25, 0.3) is 10.8 Å². The standard InChI is InChI=1S/C21H18N2O5/c1-27-20(25)15-7-8-17(21(26)28-2)18(11-15)22-19(24)13-23-10-9-14-5-3-4-6-16(14)12-23/h3-12H,13H2,1-2H3/p+1. The number of methoxy groups -OCH3 is 2. The molecule has 0 saturated heterocycles. The zero-order valence-electron chi connectivity index (χ0n) is 15.5. The lowest BCUT2D eigenvalue weighted by Gasteiger charge is -2.10. The molecule has 1 amide bonds. The third-order valence-electron chi connectivity index (χ3n) is 4.19. The first-order chi connectivity index (χ1) is 13.5. The molecule has 0 aliphatic carbocycles. The van der Waals surface area contributed by atoms with Gasteiger partial charge in [0.05, 0.1) is 31.0 Å². The summed E-state index contributed by atoms with van der Waals surface area (Å²) in [6.07, 6.45) is 3.66. The van der Waals surface area contributed by atoms with Crippen molar-refractivity contribution in [2.24, 2.45) is 0 Å². The second kappa shape index (κ2) is 8.30. The first-order valence-electron chi connectivity index (χ1n) is 8.50. The van der Waals surface area contributed by atoms with E-state index >= 15 is 0 Å². The number of hydrogen-bond acceptors (Lipinski definition) is 5. The lowest BCUT2D eigenvalue weighted by atomic mass is 10.1. The van der Waals surface area contributed by atoms with Gasteiger partial charge in [0.25, 0.3) is 5.91 Å². The molecule has 1 N–H and O–H groups in total. The summed E-state index contributed by atoms with van der Waals surface area (Å²) in [6, 6.07) is 14.0. The molecule has 0 aliphatic heterocycles. The fourth-order valence-electron chi connectivity index (χ4n) is 2.81. The van der Waals surface area contributed by atoms with Crippen LogP contribution in [0.3, 0.4) is 0 Å². The van der Waals surface area contributed by atoms with Crippen molar-refractivity contribution in [3.8, 4) is 0 Å². The van der Waals surface area contributed by atoms with Crippen molar-refractivity contribution in [2.45, 2.75) is 6.54 Å².